The van der Waals surface area contributed by atoms with Gasteiger partial charge in [0.1, 0.15) is 17.6 Å². The van der Waals surface area contributed by atoms with Gasteiger partial charge < -0.3 is 10.4 Å². The zero-order chi connectivity index (χ0) is 13.0. The molecular weight excluding hydrogens is 223 g/mol. The van der Waals surface area contributed by atoms with Gasteiger partial charge in [-0.25, -0.2) is 4.39 Å². The summed E-state index contributed by atoms with van der Waals surface area (Å²) in [6.45, 7) is 2.80. The second-order valence-electron chi connectivity index (χ2n) is 3.49. The smallest absolute Gasteiger partial charge is 0.269 e. The Morgan fingerprint density at radius 3 is 2.65 bits per heavy atom. The minimum Gasteiger partial charge on any atom is -0.511 e. The van der Waals surface area contributed by atoms with Gasteiger partial charge in [-0.2, -0.15) is 5.26 Å². The molecule has 1 aromatic rings. The van der Waals surface area contributed by atoms with Crippen molar-refractivity contribution in [2.45, 2.75) is 13.8 Å². The van der Waals surface area contributed by atoms with Gasteiger partial charge in [0, 0.05) is 5.69 Å². The van der Waals surface area contributed by atoms with Crippen LogP contribution in [0, 0.1) is 24.1 Å². The molecule has 4 nitrogen and oxygen atoms in total. The van der Waals surface area contributed by atoms with Crippen LogP contribution in [0.1, 0.15) is 12.5 Å². The number of rotatable bonds is 2. The van der Waals surface area contributed by atoms with Crippen molar-refractivity contribution in [2.24, 2.45) is 0 Å². The van der Waals surface area contributed by atoms with Crippen LogP contribution in [0.3, 0.4) is 0 Å². The Hall–Kier alpha value is -2.35. The molecule has 0 unspecified atom stereocenters. The third-order valence-corrected chi connectivity index (χ3v) is 2.12. The highest BCUT2D eigenvalue weighted by Gasteiger charge is 2.12. The van der Waals surface area contributed by atoms with Crippen LogP contribution in [-0.4, -0.2) is 11.0 Å². The number of nitriles is 1. The first kappa shape index (κ1) is 12.7. The second kappa shape index (κ2) is 5.12. The number of anilines is 1. The molecule has 1 amide bonds. The molecule has 0 fully saturated rings. The second-order valence-corrected chi connectivity index (χ2v) is 3.49. The van der Waals surface area contributed by atoms with E-state index in [9.17, 15) is 9.18 Å². The number of aryl methyl sites for hydroxylation is 1. The van der Waals surface area contributed by atoms with Crippen LogP contribution >= 0.6 is 0 Å². The number of hydrogen-bond acceptors (Lipinski definition) is 3. The molecule has 0 saturated heterocycles. The standard InChI is InChI=1S/C12H11FN2O2/c1-7-5-9(3-4-11(7)13)15-12(17)10(6-14)8(2)16/h3-5,16H,1-2H3,(H,15,17). The van der Waals surface area contributed by atoms with Crippen LogP contribution in [0.25, 0.3) is 0 Å². The van der Waals surface area contributed by atoms with Crippen molar-refractivity contribution in [1.29, 1.82) is 5.26 Å². The Labute approximate surface area is 98.0 Å². The molecule has 0 aliphatic carbocycles. The highest BCUT2D eigenvalue weighted by Crippen LogP contribution is 2.14. The van der Waals surface area contributed by atoms with Gasteiger partial charge in [-0.05, 0) is 37.6 Å². The van der Waals surface area contributed by atoms with E-state index in [1.54, 1.807) is 13.0 Å². The number of nitrogens with zero attached hydrogens (tertiary/aromatic N) is 1. The number of carbonyl (C=O) groups is 1. The first-order valence-electron chi connectivity index (χ1n) is 4.83. The van der Waals surface area contributed by atoms with E-state index in [1.807, 2.05) is 0 Å². The molecule has 0 bridgehead atoms. The van der Waals surface area contributed by atoms with E-state index in [2.05, 4.69) is 5.32 Å². The summed E-state index contributed by atoms with van der Waals surface area (Å²) in [4.78, 5) is 11.5. The number of halogens is 1. The number of aliphatic hydroxyl groups excluding tert-OH is 1. The fourth-order valence-electron chi connectivity index (χ4n) is 1.21. The molecule has 0 heterocycles. The van der Waals surface area contributed by atoms with E-state index >= 15 is 0 Å². The van der Waals surface area contributed by atoms with Gasteiger partial charge >= 0.3 is 0 Å². The highest BCUT2D eigenvalue weighted by molar-refractivity contribution is 6.06. The topological polar surface area (TPSA) is 73.1 Å². The van der Waals surface area contributed by atoms with Crippen LogP contribution in [0.15, 0.2) is 29.5 Å². The molecule has 0 aliphatic rings. The van der Waals surface area contributed by atoms with E-state index < -0.39 is 5.91 Å². The predicted molar refractivity (Wildman–Crippen MR) is 60.7 cm³/mol. The predicted octanol–water partition coefficient (Wildman–Crippen LogP) is 2.43. The van der Waals surface area contributed by atoms with Crippen LogP contribution < -0.4 is 5.32 Å². The lowest BCUT2D eigenvalue weighted by atomic mass is 10.2. The maximum absolute atomic E-state index is 13.0. The van der Waals surface area contributed by atoms with Crippen molar-refractivity contribution in [1.82, 2.24) is 0 Å². The summed E-state index contributed by atoms with van der Waals surface area (Å²) < 4.78 is 13.0. The third kappa shape index (κ3) is 3.05. The summed E-state index contributed by atoms with van der Waals surface area (Å²) in [5.74, 6) is -1.46. The van der Waals surface area contributed by atoms with Gasteiger partial charge in [-0.3, -0.25) is 4.79 Å². The lowest BCUT2D eigenvalue weighted by Crippen LogP contribution is -2.15. The molecule has 0 aromatic heterocycles. The fourth-order valence-corrected chi connectivity index (χ4v) is 1.21. The van der Waals surface area contributed by atoms with Crippen molar-refractivity contribution in [3.8, 4) is 6.07 Å². The number of allylic oxidation sites excluding steroid dienone is 1. The summed E-state index contributed by atoms with van der Waals surface area (Å²) in [7, 11) is 0. The molecule has 0 atom stereocenters. The number of hydrogen-bond donors (Lipinski definition) is 2. The Balaban J connectivity index is 2.93. The molecule has 17 heavy (non-hydrogen) atoms. The van der Waals surface area contributed by atoms with Gasteiger partial charge in [-0.1, -0.05) is 0 Å². The normalized spacial score (nSPS) is 11.4. The molecule has 5 heteroatoms. The largest absolute Gasteiger partial charge is 0.511 e. The van der Waals surface area contributed by atoms with Crippen molar-refractivity contribution in [2.75, 3.05) is 5.32 Å². The zero-order valence-electron chi connectivity index (χ0n) is 9.41. The summed E-state index contributed by atoms with van der Waals surface area (Å²) in [6, 6.07) is 5.62. The first-order valence-corrected chi connectivity index (χ1v) is 4.83. The minimum absolute atomic E-state index is 0.358. The minimum atomic E-state index is -0.724. The SMILES string of the molecule is CC(O)=C(C#N)C(=O)Nc1ccc(F)c(C)c1. The van der Waals surface area contributed by atoms with E-state index in [1.165, 1.54) is 25.1 Å². The average molecular weight is 234 g/mol. The number of carbonyl (C=O) groups excluding carboxylic acids is 1. The molecule has 0 radical (unpaired) electrons. The molecule has 1 aromatic carbocycles. The maximum atomic E-state index is 13.0. The summed E-state index contributed by atoms with van der Waals surface area (Å²) in [5, 5.41) is 20.1. The molecule has 0 spiro atoms. The molecule has 88 valence electrons. The summed E-state index contributed by atoms with van der Waals surface area (Å²) in [6.07, 6.45) is 0. The molecular formula is C12H11FN2O2. The van der Waals surface area contributed by atoms with Crippen molar-refractivity contribution in [3.63, 3.8) is 0 Å². The highest BCUT2D eigenvalue weighted by atomic mass is 19.1. The van der Waals surface area contributed by atoms with Gasteiger partial charge in [-0.15, -0.1) is 0 Å². The number of aliphatic hydroxyl groups is 1. The Morgan fingerprint density at radius 1 is 1.53 bits per heavy atom. The molecule has 1 rings (SSSR count). The number of benzene rings is 1. The Kier molecular flexibility index (Phi) is 3.83. The van der Waals surface area contributed by atoms with Crippen molar-refractivity contribution in [3.05, 3.63) is 40.9 Å². The lowest BCUT2D eigenvalue weighted by Gasteiger charge is -2.06. The molecule has 0 aliphatic heterocycles. The van der Waals surface area contributed by atoms with Crippen molar-refractivity contribution < 1.29 is 14.3 Å². The van der Waals surface area contributed by atoms with Crippen LogP contribution in [0.5, 0.6) is 0 Å². The van der Waals surface area contributed by atoms with Gasteiger partial charge in [0.15, 0.2) is 5.57 Å². The quantitative estimate of drug-likeness (QED) is 0.469. The van der Waals surface area contributed by atoms with Crippen molar-refractivity contribution >= 4 is 11.6 Å². The van der Waals surface area contributed by atoms with E-state index in [0.29, 0.717) is 11.3 Å². The third-order valence-electron chi connectivity index (χ3n) is 2.12. The average Bonchev–Trinajstić information content (AvgIpc) is 2.24. The Bertz CT molecular complexity index is 526. The fraction of sp³-hybridized carbons (Fsp3) is 0.167. The van der Waals surface area contributed by atoms with E-state index in [-0.39, 0.29) is 17.1 Å². The van der Waals surface area contributed by atoms with E-state index in [0.717, 1.165) is 0 Å². The van der Waals surface area contributed by atoms with Gasteiger partial charge in [0.2, 0.25) is 0 Å². The van der Waals surface area contributed by atoms with E-state index in [4.69, 9.17) is 10.4 Å². The Morgan fingerprint density at radius 2 is 2.18 bits per heavy atom. The van der Waals surface area contributed by atoms with Crippen LogP contribution in [0.2, 0.25) is 0 Å². The van der Waals surface area contributed by atoms with Crippen LogP contribution in [-0.2, 0) is 4.79 Å². The van der Waals surface area contributed by atoms with Gasteiger partial charge in [0.25, 0.3) is 5.91 Å². The van der Waals surface area contributed by atoms with Crippen LogP contribution in [0.4, 0.5) is 10.1 Å². The lowest BCUT2D eigenvalue weighted by molar-refractivity contribution is -0.112. The molecule has 0 saturated carbocycles. The number of amides is 1. The summed E-state index contributed by atoms with van der Waals surface area (Å²) >= 11 is 0. The monoisotopic (exact) mass is 234 g/mol. The summed E-state index contributed by atoms with van der Waals surface area (Å²) in [5.41, 5.74) is 0.376. The number of nitrogens with one attached hydrogen (secondary N) is 1. The zero-order valence-corrected chi connectivity index (χ0v) is 9.41. The molecule has 2 N–H and O–H groups in total. The maximum Gasteiger partial charge on any atom is 0.269 e. The first-order chi connectivity index (χ1) is 7.95. The van der Waals surface area contributed by atoms with Gasteiger partial charge in [0.05, 0.1) is 0 Å².